The Morgan fingerprint density at radius 2 is 0.750 bits per heavy atom. The van der Waals surface area contributed by atoms with Crippen molar-refractivity contribution in [3.05, 3.63) is 12.2 Å². The van der Waals surface area contributed by atoms with Crippen LogP contribution in [-0.4, -0.2) is 286 Å². The van der Waals surface area contributed by atoms with Crippen LogP contribution in [0.1, 0.15) is 213 Å². The number of allylic oxidation sites excluding steroid dienone is 1. The zero-order valence-electron chi connectivity index (χ0n) is 57.1. The highest BCUT2D eigenvalue weighted by Crippen LogP contribution is 2.37. The number of nitrogens with one attached hydrogen (secondary N) is 1. The van der Waals surface area contributed by atoms with E-state index in [0.717, 1.165) is 44.9 Å². The van der Waals surface area contributed by atoms with Gasteiger partial charge in [0.25, 0.3) is 0 Å². The van der Waals surface area contributed by atoms with Gasteiger partial charge in [0.05, 0.1) is 51.3 Å². The van der Waals surface area contributed by atoms with Crippen molar-refractivity contribution < 1.29 is 134 Å². The van der Waals surface area contributed by atoms with Crippen LogP contribution < -0.4 is 5.32 Å². The lowest BCUT2D eigenvalue weighted by Gasteiger charge is -2.50. The maximum atomic E-state index is 13.4. The summed E-state index contributed by atoms with van der Waals surface area (Å²) >= 11 is 0. The molecule has 1 amide bonds. The Bertz CT molecular complexity index is 2040. The van der Waals surface area contributed by atoms with Gasteiger partial charge in [0.1, 0.15) is 116 Å². The summed E-state index contributed by atoms with van der Waals surface area (Å²) in [5, 5.41) is 178. The van der Waals surface area contributed by atoms with Gasteiger partial charge in [0.15, 0.2) is 31.5 Å². The molecule has 0 aromatic rings. The molecule has 10 unspecified atom stereocenters. The number of carbonyl (C=O) groups is 1. The first-order valence-electron chi connectivity index (χ1n) is 36.3. The summed E-state index contributed by atoms with van der Waals surface area (Å²) in [6, 6.07) is -1.03. The smallest absolute Gasteiger partial charge is 0.220 e. The zero-order chi connectivity index (χ0) is 70.1. The molecular formula is C68H125NO27. The van der Waals surface area contributed by atoms with Gasteiger partial charge in [-0.1, -0.05) is 193 Å². The lowest BCUT2D eigenvalue weighted by molar-refractivity contribution is -0.398. The van der Waals surface area contributed by atoms with Gasteiger partial charge in [-0.05, 0) is 26.2 Å². The van der Waals surface area contributed by atoms with E-state index in [1.165, 1.54) is 135 Å². The topological polar surface area (TPSA) is 445 Å². The van der Waals surface area contributed by atoms with Crippen molar-refractivity contribution in [2.24, 2.45) is 0 Å². The highest BCUT2D eigenvalue weighted by Gasteiger charge is 2.57. The van der Waals surface area contributed by atoms with E-state index in [0.29, 0.717) is 12.8 Å². The Morgan fingerprint density at radius 3 is 1.24 bits per heavy atom. The molecule has 0 spiro atoms. The van der Waals surface area contributed by atoms with E-state index in [1.54, 1.807) is 6.08 Å². The molecule has 96 heavy (non-hydrogen) atoms. The van der Waals surface area contributed by atoms with Crippen molar-refractivity contribution in [2.45, 2.75) is 379 Å². The van der Waals surface area contributed by atoms with Gasteiger partial charge in [-0.15, -0.1) is 0 Å². The molecule has 0 saturated carbocycles. The molecule has 5 rings (SSSR count). The SMILES string of the molecule is CCCCCCCCCCCCC/C=C/[C@@H](O)[C@H](CO[C@@H]1OC(CO)[C@@H](O[C@@H]2OC(CO)[C@H](O[C@@H]3OC(CO)[C@H](O)[C@H](O[C@H]4OC(CO)[C@H](O)[C@H](O)C4O[C@H]4OC(C)[C@@H](O)C(O)[C@@H]4O)C3O)[C@H](O)C2O)[C@H](O)C1O)NC(=O)CCCCCCCCCCCCCCCCCCC. The predicted molar refractivity (Wildman–Crippen MR) is 346 cm³/mol. The monoisotopic (exact) mass is 1390 g/mol. The van der Waals surface area contributed by atoms with Crippen LogP contribution >= 0.6 is 0 Å². The van der Waals surface area contributed by atoms with Crippen molar-refractivity contribution >= 4 is 5.91 Å². The van der Waals surface area contributed by atoms with Crippen LogP contribution in [0.3, 0.4) is 0 Å². The summed E-state index contributed by atoms with van der Waals surface area (Å²) < 4.78 is 58.0. The lowest BCUT2D eigenvalue weighted by atomic mass is 9.95. The Hall–Kier alpha value is -1.83. The second-order valence-electron chi connectivity index (χ2n) is 27.1. The fourth-order valence-corrected chi connectivity index (χ4v) is 13.1. The first kappa shape index (κ1) is 84.8. The molecule has 5 saturated heterocycles. The molecule has 0 aliphatic carbocycles. The molecule has 5 heterocycles. The first-order chi connectivity index (χ1) is 46.3. The molecule has 28 nitrogen and oxygen atoms in total. The maximum absolute atomic E-state index is 13.4. The van der Waals surface area contributed by atoms with Crippen LogP contribution in [-0.2, 0) is 52.2 Å². The quantitative estimate of drug-likeness (QED) is 0.0301. The van der Waals surface area contributed by atoms with E-state index in [2.05, 4.69) is 19.2 Å². The van der Waals surface area contributed by atoms with Crippen LogP contribution in [0.15, 0.2) is 12.2 Å². The standard InChI is InChI=1S/C68H125NO27/c1-4-6-8-10-12-14-16-18-19-20-21-23-25-27-29-31-33-35-48(75)69-42(43(74)34-32-30-28-26-24-22-17-15-13-11-9-7-5-2)40-87-64-57(84)54(81)60(46(38-72)91-64)93-66-58(85)55(82)61(47(39-73)92-66)94-67-59(86)62(51(78)45(37-71)89-67)95-68-63(53(80)50(77)44(36-70)90-68)96-65-56(83)52(79)49(76)41(3)88-65/h32,34,41-47,49-68,70-74,76-86H,4-31,33,35-40H2,1-3H3,(H,69,75)/b34-32+/t41?,42-,43+,44?,45?,46?,47?,49+,50-,51-,52?,53-,54+,55+,56-,57?,58?,59?,60+,61-,62-,63?,64+,65+,66-,67-,68+/m0/s1. The average Bonchev–Trinajstić information content (AvgIpc) is 0.782. The normalized spacial score (nSPS) is 36.7. The van der Waals surface area contributed by atoms with Crippen molar-refractivity contribution in [2.75, 3.05) is 33.0 Å². The summed E-state index contributed by atoms with van der Waals surface area (Å²) in [5.74, 6) is -0.314. The van der Waals surface area contributed by atoms with Gasteiger partial charge in [-0.2, -0.15) is 0 Å². The second kappa shape index (κ2) is 46.7. The number of aliphatic hydroxyl groups is 16. The summed E-state index contributed by atoms with van der Waals surface area (Å²) in [7, 11) is 0. The molecule has 27 atom stereocenters. The zero-order valence-corrected chi connectivity index (χ0v) is 57.1. The molecule has 5 aliphatic rings. The third kappa shape index (κ3) is 26.8. The van der Waals surface area contributed by atoms with Gasteiger partial charge in [-0.25, -0.2) is 0 Å². The molecule has 0 aromatic carbocycles. The number of amides is 1. The third-order valence-corrected chi connectivity index (χ3v) is 19.3. The number of rotatable bonds is 48. The molecule has 0 aromatic heterocycles. The maximum Gasteiger partial charge on any atom is 0.220 e. The Kier molecular flexibility index (Phi) is 41.3. The fourth-order valence-electron chi connectivity index (χ4n) is 13.1. The second-order valence-corrected chi connectivity index (χ2v) is 27.1. The van der Waals surface area contributed by atoms with Crippen molar-refractivity contribution in [1.82, 2.24) is 5.32 Å². The highest BCUT2D eigenvalue weighted by molar-refractivity contribution is 5.76. The van der Waals surface area contributed by atoms with E-state index >= 15 is 0 Å². The Labute approximate surface area is 567 Å². The summed E-state index contributed by atoms with van der Waals surface area (Å²) in [5.41, 5.74) is 0. The van der Waals surface area contributed by atoms with Gasteiger partial charge in [0, 0.05) is 6.42 Å². The highest BCUT2D eigenvalue weighted by atomic mass is 16.8. The number of hydrogen-bond donors (Lipinski definition) is 17. The summed E-state index contributed by atoms with van der Waals surface area (Å²) in [6.07, 6.45) is -9.34. The first-order valence-corrected chi connectivity index (χ1v) is 36.3. The number of hydrogen-bond acceptors (Lipinski definition) is 27. The largest absolute Gasteiger partial charge is 0.394 e. The molecular weight excluding hydrogens is 1260 g/mol. The van der Waals surface area contributed by atoms with Crippen LogP contribution in [0.5, 0.6) is 0 Å². The van der Waals surface area contributed by atoms with Crippen molar-refractivity contribution in [1.29, 1.82) is 0 Å². The van der Waals surface area contributed by atoms with Gasteiger partial charge < -0.3 is 134 Å². The number of ether oxygens (including phenoxy) is 10. The van der Waals surface area contributed by atoms with Crippen LogP contribution in [0.4, 0.5) is 0 Å². The number of aliphatic hydroxyl groups excluding tert-OH is 16. The molecule has 17 N–H and O–H groups in total. The van der Waals surface area contributed by atoms with Crippen LogP contribution in [0, 0.1) is 0 Å². The molecule has 5 aliphatic heterocycles. The van der Waals surface area contributed by atoms with Gasteiger partial charge >= 0.3 is 0 Å². The molecule has 5 fully saturated rings. The minimum absolute atomic E-state index is 0.205. The van der Waals surface area contributed by atoms with E-state index in [4.69, 9.17) is 47.4 Å². The van der Waals surface area contributed by atoms with Gasteiger partial charge in [0.2, 0.25) is 5.91 Å². The van der Waals surface area contributed by atoms with E-state index in [-0.39, 0.29) is 12.3 Å². The van der Waals surface area contributed by atoms with Crippen molar-refractivity contribution in [3.8, 4) is 0 Å². The average molecular weight is 1390 g/mol. The van der Waals surface area contributed by atoms with E-state index < -0.39 is 199 Å². The molecule has 0 radical (unpaired) electrons. The molecule has 0 bridgehead atoms. The fraction of sp³-hybridized carbons (Fsp3) is 0.956. The Morgan fingerprint density at radius 1 is 0.385 bits per heavy atom. The summed E-state index contributed by atoms with van der Waals surface area (Å²) in [4.78, 5) is 13.4. The lowest BCUT2D eigenvalue weighted by Crippen LogP contribution is -2.68. The molecule has 28 heteroatoms. The van der Waals surface area contributed by atoms with E-state index in [9.17, 15) is 86.5 Å². The van der Waals surface area contributed by atoms with Crippen LogP contribution in [0.2, 0.25) is 0 Å². The predicted octanol–water partition coefficient (Wildman–Crippen LogP) is 1.27. The Balaban J connectivity index is 1.16. The number of unbranched alkanes of at least 4 members (excludes halogenated alkanes) is 27. The minimum atomic E-state index is -2.17. The van der Waals surface area contributed by atoms with Crippen molar-refractivity contribution in [3.63, 3.8) is 0 Å². The number of carbonyl (C=O) groups excluding carboxylic acids is 1. The molecule has 564 valence electrons. The van der Waals surface area contributed by atoms with E-state index in [1.807, 2.05) is 6.08 Å². The summed E-state index contributed by atoms with van der Waals surface area (Å²) in [6.45, 7) is 1.63. The van der Waals surface area contributed by atoms with Crippen LogP contribution in [0.25, 0.3) is 0 Å². The minimum Gasteiger partial charge on any atom is -0.394 e. The van der Waals surface area contributed by atoms with Gasteiger partial charge in [-0.3, -0.25) is 4.79 Å². The third-order valence-electron chi connectivity index (χ3n) is 19.3.